The summed E-state index contributed by atoms with van der Waals surface area (Å²) in [5.74, 6) is 1.35. The maximum absolute atomic E-state index is 10.2. The summed E-state index contributed by atoms with van der Waals surface area (Å²) in [4.78, 5) is 0. The Hall–Kier alpha value is -3.98. The average Bonchev–Trinajstić information content (AvgIpc) is 2.84. The third-order valence-electron chi connectivity index (χ3n) is 5.22. The molecule has 0 amide bonds. The Kier molecular flexibility index (Phi) is 6.04. The highest BCUT2D eigenvalue weighted by Gasteiger charge is 2.17. The van der Waals surface area contributed by atoms with Crippen LogP contribution in [0.25, 0.3) is 11.1 Å². The molecule has 31 heavy (non-hydrogen) atoms. The molecule has 0 saturated heterocycles. The Morgan fingerprint density at radius 1 is 0.548 bits per heavy atom. The molecule has 0 spiro atoms. The van der Waals surface area contributed by atoms with E-state index in [1.807, 2.05) is 60.7 Å². The third kappa shape index (κ3) is 4.31. The molecule has 0 radical (unpaired) electrons. The van der Waals surface area contributed by atoms with E-state index in [0.717, 1.165) is 39.1 Å². The summed E-state index contributed by atoms with van der Waals surface area (Å²) >= 11 is 0. The highest BCUT2D eigenvalue weighted by Crippen LogP contribution is 2.39. The van der Waals surface area contributed by atoms with Crippen LogP contribution in [-0.2, 0) is 0 Å². The van der Waals surface area contributed by atoms with E-state index in [1.54, 1.807) is 20.3 Å². The number of aromatic hydroxyl groups is 1. The number of phenolic OH excluding ortho intramolecular Hbond substituents is 1. The van der Waals surface area contributed by atoms with Crippen molar-refractivity contribution in [3.63, 3.8) is 0 Å². The molecule has 0 aliphatic carbocycles. The molecule has 0 unspecified atom stereocenters. The lowest BCUT2D eigenvalue weighted by molar-refractivity contribution is 0.373. The highest BCUT2D eigenvalue weighted by molar-refractivity contribution is 6.04. The first-order valence-electron chi connectivity index (χ1n) is 10.1. The Labute approximate surface area is 182 Å². The minimum atomic E-state index is 0.112. The quantitative estimate of drug-likeness (QED) is 0.374. The first-order valence-corrected chi connectivity index (χ1v) is 10.1. The van der Waals surface area contributed by atoms with Gasteiger partial charge in [-0.3, -0.25) is 0 Å². The molecule has 3 heteroatoms. The second-order valence-corrected chi connectivity index (χ2v) is 7.10. The van der Waals surface area contributed by atoms with Gasteiger partial charge in [0.1, 0.15) is 5.75 Å². The largest absolute Gasteiger partial charge is 0.504 e. The van der Waals surface area contributed by atoms with Gasteiger partial charge in [-0.25, -0.2) is 0 Å². The van der Waals surface area contributed by atoms with Crippen LogP contribution < -0.4 is 9.47 Å². The molecule has 154 valence electrons. The van der Waals surface area contributed by atoms with Crippen LogP contribution in [0.3, 0.4) is 0 Å². The van der Waals surface area contributed by atoms with Crippen LogP contribution in [0.1, 0.15) is 22.3 Å². The van der Waals surface area contributed by atoms with Crippen molar-refractivity contribution in [2.24, 2.45) is 0 Å². The SMILES string of the molecule is COc1ccc(C(=C(c2ccccc2)c2ccccc2)c2ccc(O)c(OC)c2)cc1. The molecular weight excluding hydrogens is 384 g/mol. The van der Waals surface area contributed by atoms with Crippen molar-refractivity contribution < 1.29 is 14.6 Å². The number of rotatable bonds is 6. The van der Waals surface area contributed by atoms with Gasteiger partial charge in [-0.15, -0.1) is 0 Å². The number of hydrogen-bond donors (Lipinski definition) is 1. The minimum absolute atomic E-state index is 0.112. The van der Waals surface area contributed by atoms with E-state index in [0.29, 0.717) is 5.75 Å². The summed E-state index contributed by atoms with van der Waals surface area (Å²) in [6.45, 7) is 0. The standard InChI is InChI=1S/C28H24O3/c1-30-24-16-13-22(14-17-24)28(23-15-18-25(29)26(19-23)31-2)27(20-9-5-3-6-10-20)21-11-7-4-8-12-21/h3-19,29H,1-2H3. The molecule has 4 aromatic rings. The monoisotopic (exact) mass is 408 g/mol. The molecule has 0 fully saturated rings. The first kappa shape index (κ1) is 20.3. The second kappa shape index (κ2) is 9.23. The molecule has 0 aliphatic heterocycles. The van der Waals surface area contributed by atoms with Gasteiger partial charge in [0.05, 0.1) is 14.2 Å². The summed E-state index contributed by atoms with van der Waals surface area (Å²) in [7, 11) is 3.22. The van der Waals surface area contributed by atoms with Gasteiger partial charge < -0.3 is 14.6 Å². The van der Waals surface area contributed by atoms with Crippen LogP contribution in [-0.4, -0.2) is 19.3 Å². The zero-order chi connectivity index (χ0) is 21.6. The van der Waals surface area contributed by atoms with E-state index in [1.165, 1.54) is 0 Å². The lowest BCUT2D eigenvalue weighted by atomic mass is 9.85. The molecule has 0 atom stereocenters. The fraction of sp³-hybridized carbons (Fsp3) is 0.0714. The fourth-order valence-corrected chi connectivity index (χ4v) is 3.71. The van der Waals surface area contributed by atoms with Crippen LogP contribution in [0.5, 0.6) is 17.2 Å². The van der Waals surface area contributed by atoms with Gasteiger partial charge >= 0.3 is 0 Å². The average molecular weight is 408 g/mol. The Bertz CT molecular complexity index is 1140. The zero-order valence-corrected chi connectivity index (χ0v) is 17.6. The molecule has 0 saturated carbocycles. The summed E-state index contributed by atoms with van der Waals surface area (Å²) in [6.07, 6.45) is 0. The Balaban J connectivity index is 2.08. The molecule has 0 aliphatic rings. The molecule has 4 aromatic carbocycles. The van der Waals surface area contributed by atoms with Crippen molar-refractivity contribution in [2.45, 2.75) is 0 Å². The summed E-state index contributed by atoms with van der Waals surface area (Å²) in [5, 5.41) is 10.2. The maximum atomic E-state index is 10.2. The number of ether oxygens (including phenoxy) is 2. The predicted molar refractivity (Wildman–Crippen MR) is 126 cm³/mol. The number of benzene rings is 4. The van der Waals surface area contributed by atoms with E-state index in [4.69, 9.17) is 9.47 Å². The molecule has 1 N–H and O–H groups in total. The third-order valence-corrected chi connectivity index (χ3v) is 5.22. The predicted octanol–water partition coefficient (Wildman–Crippen LogP) is 6.42. The van der Waals surface area contributed by atoms with E-state index >= 15 is 0 Å². The van der Waals surface area contributed by atoms with Crippen molar-refractivity contribution in [2.75, 3.05) is 14.2 Å². The van der Waals surface area contributed by atoms with Gasteiger partial charge in [0.15, 0.2) is 11.5 Å². The van der Waals surface area contributed by atoms with Crippen molar-refractivity contribution in [1.29, 1.82) is 0 Å². The zero-order valence-electron chi connectivity index (χ0n) is 17.6. The van der Waals surface area contributed by atoms with E-state index < -0.39 is 0 Å². The van der Waals surface area contributed by atoms with Gasteiger partial charge in [-0.05, 0) is 57.7 Å². The molecule has 0 heterocycles. The van der Waals surface area contributed by atoms with Gasteiger partial charge in [0, 0.05) is 0 Å². The first-order chi connectivity index (χ1) is 15.2. The van der Waals surface area contributed by atoms with E-state index in [-0.39, 0.29) is 5.75 Å². The molecule has 0 aromatic heterocycles. The Morgan fingerprint density at radius 2 is 1.03 bits per heavy atom. The van der Waals surface area contributed by atoms with Crippen LogP contribution in [0.2, 0.25) is 0 Å². The second-order valence-electron chi connectivity index (χ2n) is 7.10. The van der Waals surface area contributed by atoms with Crippen LogP contribution in [0.15, 0.2) is 103 Å². The van der Waals surface area contributed by atoms with Gasteiger partial charge in [0.25, 0.3) is 0 Å². The molecule has 3 nitrogen and oxygen atoms in total. The lowest BCUT2D eigenvalue weighted by Gasteiger charge is -2.19. The van der Waals surface area contributed by atoms with Crippen molar-refractivity contribution in [1.82, 2.24) is 0 Å². The summed E-state index contributed by atoms with van der Waals surface area (Å²) in [5.41, 5.74) is 6.33. The van der Waals surface area contributed by atoms with Crippen molar-refractivity contribution in [3.05, 3.63) is 125 Å². The smallest absolute Gasteiger partial charge is 0.161 e. The van der Waals surface area contributed by atoms with Gasteiger partial charge in [-0.2, -0.15) is 0 Å². The summed E-state index contributed by atoms with van der Waals surface area (Å²) < 4.78 is 10.8. The van der Waals surface area contributed by atoms with Gasteiger partial charge in [-0.1, -0.05) is 78.9 Å². The van der Waals surface area contributed by atoms with Gasteiger partial charge in [0.2, 0.25) is 0 Å². The maximum Gasteiger partial charge on any atom is 0.161 e. The summed E-state index contributed by atoms with van der Waals surface area (Å²) in [6, 6.07) is 34.2. The van der Waals surface area contributed by atoms with E-state index in [2.05, 4.69) is 36.4 Å². The van der Waals surface area contributed by atoms with Crippen LogP contribution in [0, 0.1) is 0 Å². The molecular formula is C28H24O3. The normalized spacial score (nSPS) is 10.4. The van der Waals surface area contributed by atoms with Crippen LogP contribution in [0.4, 0.5) is 0 Å². The molecule has 4 rings (SSSR count). The Morgan fingerprint density at radius 3 is 1.55 bits per heavy atom. The van der Waals surface area contributed by atoms with Crippen LogP contribution >= 0.6 is 0 Å². The number of hydrogen-bond acceptors (Lipinski definition) is 3. The van der Waals surface area contributed by atoms with Crippen molar-refractivity contribution >= 4 is 11.1 Å². The lowest BCUT2D eigenvalue weighted by Crippen LogP contribution is -1.98. The highest BCUT2D eigenvalue weighted by atomic mass is 16.5. The van der Waals surface area contributed by atoms with Crippen molar-refractivity contribution in [3.8, 4) is 17.2 Å². The number of phenols is 1. The molecule has 0 bridgehead atoms. The number of methoxy groups -OCH3 is 2. The minimum Gasteiger partial charge on any atom is -0.504 e. The topological polar surface area (TPSA) is 38.7 Å². The fourth-order valence-electron chi connectivity index (χ4n) is 3.71. The van der Waals surface area contributed by atoms with E-state index in [9.17, 15) is 5.11 Å².